The average molecular weight is 358 g/mol. The van der Waals surface area contributed by atoms with Crippen LogP contribution in [0.5, 0.6) is 0 Å². The van der Waals surface area contributed by atoms with Crippen LogP contribution in [-0.2, 0) is 13.1 Å². The number of likely N-dealkylation sites (tertiary alicyclic amines) is 1. The Hall–Kier alpha value is -1.85. The van der Waals surface area contributed by atoms with Gasteiger partial charge >= 0.3 is 6.03 Å². The molecule has 3 rings (SSSR count). The van der Waals surface area contributed by atoms with E-state index in [1.54, 1.807) is 11.3 Å². The molecular formula is C20H27N3OS. The predicted molar refractivity (Wildman–Crippen MR) is 104 cm³/mol. The van der Waals surface area contributed by atoms with Gasteiger partial charge in [0.15, 0.2) is 0 Å². The van der Waals surface area contributed by atoms with E-state index in [0.717, 1.165) is 25.9 Å². The highest BCUT2D eigenvalue weighted by Gasteiger charge is 2.29. The number of aryl methyl sites for hydroxylation is 1. The Morgan fingerprint density at radius 3 is 2.68 bits per heavy atom. The molecule has 1 N–H and O–H groups in total. The van der Waals surface area contributed by atoms with Crippen LogP contribution in [0.3, 0.4) is 0 Å². The Kier molecular flexibility index (Phi) is 5.76. The molecule has 0 saturated carbocycles. The van der Waals surface area contributed by atoms with Crippen LogP contribution in [0.2, 0.25) is 0 Å². The second kappa shape index (κ2) is 8.02. The normalized spacial score (nSPS) is 17.3. The van der Waals surface area contributed by atoms with Crippen molar-refractivity contribution in [1.29, 1.82) is 0 Å². The summed E-state index contributed by atoms with van der Waals surface area (Å²) in [5, 5.41) is 5.17. The van der Waals surface area contributed by atoms with Crippen molar-refractivity contribution in [1.82, 2.24) is 15.1 Å². The number of carbonyl (C=O) groups is 1. The lowest BCUT2D eigenvalue weighted by atomic mass is 10.0. The molecule has 134 valence electrons. The van der Waals surface area contributed by atoms with Crippen molar-refractivity contribution in [2.45, 2.75) is 38.9 Å². The molecule has 1 aliphatic rings. The second-order valence-electron chi connectivity index (χ2n) is 7.02. The van der Waals surface area contributed by atoms with E-state index >= 15 is 0 Å². The van der Waals surface area contributed by atoms with Crippen molar-refractivity contribution in [2.75, 3.05) is 20.6 Å². The molecule has 1 aromatic heterocycles. The summed E-state index contributed by atoms with van der Waals surface area (Å²) in [6, 6.07) is 11.1. The molecule has 1 atom stereocenters. The molecule has 5 heteroatoms. The molecule has 2 heterocycles. The monoisotopic (exact) mass is 357 g/mol. The summed E-state index contributed by atoms with van der Waals surface area (Å²) in [5.41, 5.74) is 3.79. The first kappa shape index (κ1) is 18.0. The van der Waals surface area contributed by atoms with Crippen LogP contribution in [0, 0.1) is 6.92 Å². The van der Waals surface area contributed by atoms with Crippen molar-refractivity contribution in [3.63, 3.8) is 0 Å². The Morgan fingerprint density at radius 1 is 1.28 bits per heavy atom. The van der Waals surface area contributed by atoms with Crippen molar-refractivity contribution < 1.29 is 4.79 Å². The van der Waals surface area contributed by atoms with Gasteiger partial charge in [-0.05, 0) is 62.0 Å². The average Bonchev–Trinajstić information content (AvgIpc) is 3.22. The van der Waals surface area contributed by atoms with Gasteiger partial charge in [0.05, 0.1) is 12.6 Å². The zero-order valence-corrected chi connectivity index (χ0v) is 16.1. The first-order chi connectivity index (χ1) is 12.0. The molecule has 0 aliphatic carbocycles. The molecule has 1 aliphatic heterocycles. The van der Waals surface area contributed by atoms with Crippen LogP contribution in [0.1, 0.15) is 40.5 Å². The van der Waals surface area contributed by atoms with E-state index in [2.05, 4.69) is 66.9 Å². The number of hydrogen-bond acceptors (Lipinski definition) is 3. The van der Waals surface area contributed by atoms with Crippen molar-refractivity contribution >= 4 is 17.4 Å². The number of rotatable bonds is 5. The van der Waals surface area contributed by atoms with Crippen molar-refractivity contribution in [3.05, 3.63) is 57.3 Å². The molecule has 1 aromatic carbocycles. The third-order valence-corrected chi connectivity index (χ3v) is 5.77. The SMILES string of the molecule is Cc1ccsc1CNC(=O)N1CCCC1c1ccc(CN(C)C)cc1. The fourth-order valence-corrected chi connectivity index (χ4v) is 4.26. The first-order valence-electron chi connectivity index (χ1n) is 8.85. The number of nitrogens with zero attached hydrogens (tertiary/aromatic N) is 2. The maximum absolute atomic E-state index is 12.7. The largest absolute Gasteiger partial charge is 0.333 e. The lowest BCUT2D eigenvalue weighted by molar-refractivity contribution is 0.192. The Morgan fingerprint density at radius 2 is 2.04 bits per heavy atom. The summed E-state index contributed by atoms with van der Waals surface area (Å²) in [6.07, 6.45) is 2.11. The van der Waals surface area contributed by atoms with Gasteiger partial charge in [0.25, 0.3) is 0 Å². The fraction of sp³-hybridized carbons (Fsp3) is 0.450. The molecule has 0 spiro atoms. The highest BCUT2D eigenvalue weighted by atomic mass is 32.1. The molecule has 1 fully saturated rings. The topological polar surface area (TPSA) is 35.6 Å². The zero-order valence-electron chi connectivity index (χ0n) is 15.3. The highest BCUT2D eigenvalue weighted by Crippen LogP contribution is 2.32. The number of carbonyl (C=O) groups excluding carboxylic acids is 1. The number of amides is 2. The standard InChI is InChI=1S/C20H27N3OS/c1-15-10-12-25-19(15)13-21-20(24)23-11-4-5-18(23)17-8-6-16(7-9-17)14-22(2)3/h6-10,12,18H,4-5,11,13-14H2,1-3H3,(H,21,24). The van der Waals surface area contributed by atoms with E-state index in [0.29, 0.717) is 6.54 Å². The number of benzene rings is 1. The minimum atomic E-state index is 0.0488. The van der Waals surface area contributed by atoms with Gasteiger partial charge in [0, 0.05) is 18.0 Å². The Bertz CT molecular complexity index is 708. The first-order valence-corrected chi connectivity index (χ1v) is 9.73. The summed E-state index contributed by atoms with van der Waals surface area (Å²) in [7, 11) is 4.15. The Labute approximate surface area is 154 Å². The molecule has 1 unspecified atom stereocenters. The summed E-state index contributed by atoms with van der Waals surface area (Å²) >= 11 is 1.70. The van der Waals surface area contributed by atoms with Crippen LogP contribution >= 0.6 is 11.3 Å². The van der Waals surface area contributed by atoms with Crippen LogP contribution in [0.4, 0.5) is 4.79 Å². The molecule has 25 heavy (non-hydrogen) atoms. The predicted octanol–water partition coefficient (Wildman–Crippen LogP) is 4.16. The van der Waals surface area contributed by atoms with E-state index in [-0.39, 0.29) is 12.1 Å². The molecule has 0 bridgehead atoms. The minimum absolute atomic E-state index is 0.0488. The molecule has 2 aromatic rings. The van der Waals surface area contributed by atoms with E-state index in [9.17, 15) is 4.79 Å². The Balaban J connectivity index is 1.63. The lowest BCUT2D eigenvalue weighted by Gasteiger charge is -2.25. The molecule has 2 amide bonds. The maximum Gasteiger partial charge on any atom is 0.318 e. The maximum atomic E-state index is 12.7. The van der Waals surface area contributed by atoms with Gasteiger partial charge in [-0.25, -0.2) is 4.79 Å². The highest BCUT2D eigenvalue weighted by molar-refractivity contribution is 7.10. The van der Waals surface area contributed by atoms with Gasteiger partial charge < -0.3 is 15.1 Å². The van der Waals surface area contributed by atoms with Crippen LogP contribution in [-0.4, -0.2) is 36.5 Å². The number of nitrogens with one attached hydrogen (secondary N) is 1. The van der Waals surface area contributed by atoms with Gasteiger partial charge in [0.1, 0.15) is 0 Å². The smallest absolute Gasteiger partial charge is 0.318 e. The van der Waals surface area contributed by atoms with Gasteiger partial charge in [0.2, 0.25) is 0 Å². The lowest BCUT2D eigenvalue weighted by Crippen LogP contribution is -2.39. The van der Waals surface area contributed by atoms with Gasteiger partial charge in [-0.3, -0.25) is 0 Å². The van der Waals surface area contributed by atoms with Gasteiger partial charge in [-0.1, -0.05) is 24.3 Å². The molecule has 4 nitrogen and oxygen atoms in total. The molecule has 1 saturated heterocycles. The number of urea groups is 1. The second-order valence-corrected chi connectivity index (χ2v) is 8.02. The molecular weight excluding hydrogens is 330 g/mol. The summed E-state index contributed by atoms with van der Waals surface area (Å²) < 4.78 is 0. The number of thiophene rings is 1. The summed E-state index contributed by atoms with van der Waals surface area (Å²) in [4.78, 5) is 18.0. The zero-order chi connectivity index (χ0) is 17.8. The van der Waals surface area contributed by atoms with E-state index in [4.69, 9.17) is 0 Å². The fourth-order valence-electron chi connectivity index (χ4n) is 3.41. The quantitative estimate of drug-likeness (QED) is 0.872. The van der Waals surface area contributed by atoms with E-state index in [1.165, 1.54) is 21.6 Å². The van der Waals surface area contributed by atoms with Gasteiger partial charge in [-0.15, -0.1) is 11.3 Å². The van der Waals surface area contributed by atoms with Crippen molar-refractivity contribution in [3.8, 4) is 0 Å². The molecule has 0 radical (unpaired) electrons. The van der Waals surface area contributed by atoms with Crippen LogP contribution in [0.15, 0.2) is 35.7 Å². The van der Waals surface area contributed by atoms with E-state index in [1.807, 2.05) is 4.90 Å². The minimum Gasteiger partial charge on any atom is -0.333 e. The van der Waals surface area contributed by atoms with Crippen LogP contribution < -0.4 is 5.32 Å². The van der Waals surface area contributed by atoms with Gasteiger partial charge in [-0.2, -0.15) is 0 Å². The summed E-state index contributed by atoms with van der Waals surface area (Å²) in [6.45, 7) is 4.48. The van der Waals surface area contributed by atoms with E-state index < -0.39 is 0 Å². The summed E-state index contributed by atoms with van der Waals surface area (Å²) in [5.74, 6) is 0. The third-order valence-electron chi connectivity index (χ3n) is 4.75. The third kappa shape index (κ3) is 4.41. The number of hydrogen-bond donors (Lipinski definition) is 1. The van der Waals surface area contributed by atoms with Crippen LogP contribution in [0.25, 0.3) is 0 Å². The van der Waals surface area contributed by atoms with Crippen molar-refractivity contribution in [2.24, 2.45) is 0 Å².